The molecule has 0 bridgehead atoms. The molecule has 0 heterocycles. The van der Waals surface area contributed by atoms with Crippen LogP contribution in [-0.4, -0.2) is 11.4 Å². The number of thioether (sulfide) groups is 1. The lowest BCUT2D eigenvalue weighted by Gasteiger charge is -2.16. The van der Waals surface area contributed by atoms with Crippen molar-refractivity contribution in [3.63, 3.8) is 0 Å². The summed E-state index contributed by atoms with van der Waals surface area (Å²) in [6, 6.07) is 15.6. The molecule has 0 aliphatic rings. The van der Waals surface area contributed by atoms with Gasteiger partial charge in [0.1, 0.15) is 11.5 Å². The van der Waals surface area contributed by atoms with Crippen LogP contribution < -0.4 is 4.74 Å². The Balaban J connectivity index is 2.33. The number of aliphatic hydroxyl groups is 1. The lowest BCUT2D eigenvalue weighted by atomic mass is 10.1. The summed E-state index contributed by atoms with van der Waals surface area (Å²) in [7, 11) is 0. The zero-order valence-electron chi connectivity index (χ0n) is 11.2. The number of hydrogen-bond donors (Lipinski definition) is 1. The Hall–Kier alpha value is -1.45. The highest BCUT2D eigenvalue weighted by atomic mass is 32.2. The molecule has 0 amide bonds. The zero-order chi connectivity index (χ0) is 13.7. The first kappa shape index (κ1) is 14.0. The molecule has 2 nitrogen and oxygen atoms in total. The summed E-state index contributed by atoms with van der Waals surface area (Å²) in [5, 5.41) is 10.0. The van der Waals surface area contributed by atoms with Crippen molar-refractivity contribution < 1.29 is 9.84 Å². The molecule has 0 fully saturated rings. The van der Waals surface area contributed by atoms with E-state index in [9.17, 15) is 5.11 Å². The van der Waals surface area contributed by atoms with Crippen molar-refractivity contribution in [1.29, 1.82) is 0 Å². The number of ether oxygens (including phenoxy) is 1. The third kappa shape index (κ3) is 3.31. The van der Waals surface area contributed by atoms with Gasteiger partial charge in [0, 0.05) is 10.5 Å². The summed E-state index contributed by atoms with van der Waals surface area (Å²) >= 11 is 1.65. The van der Waals surface area contributed by atoms with E-state index in [4.69, 9.17) is 4.74 Å². The minimum Gasteiger partial charge on any atom is -0.456 e. The summed E-state index contributed by atoms with van der Waals surface area (Å²) in [4.78, 5) is 1.09. The van der Waals surface area contributed by atoms with Gasteiger partial charge in [-0.25, -0.2) is 0 Å². The molecular weight excluding hydrogens is 256 g/mol. The molecule has 0 saturated carbocycles. The van der Waals surface area contributed by atoms with Gasteiger partial charge in [-0.05, 0) is 30.9 Å². The summed E-state index contributed by atoms with van der Waals surface area (Å²) in [5.74, 6) is 1.55. The Morgan fingerprint density at radius 1 is 1.05 bits per heavy atom. The van der Waals surface area contributed by atoms with Crippen LogP contribution in [0.15, 0.2) is 53.4 Å². The van der Waals surface area contributed by atoms with Crippen LogP contribution in [0, 0.1) is 0 Å². The van der Waals surface area contributed by atoms with E-state index in [1.54, 1.807) is 11.8 Å². The predicted molar refractivity (Wildman–Crippen MR) is 80.0 cm³/mol. The molecule has 0 radical (unpaired) electrons. The van der Waals surface area contributed by atoms with E-state index in [2.05, 4.69) is 0 Å². The van der Waals surface area contributed by atoms with E-state index >= 15 is 0 Å². The fourth-order valence-electron chi connectivity index (χ4n) is 1.89. The van der Waals surface area contributed by atoms with Crippen molar-refractivity contribution >= 4 is 11.8 Å². The highest BCUT2D eigenvalue weighted by Gasteiger charge is 2.12. The number of benzene rings is 2. The molecule has 0 aromatic heterocycles. The zero-order valence-corrected chi connectivity index (χ0v) is 12.0. The minimum atomic E-state index is -0.488. The van der Waals surface area contributed by atoms with Gasteiger partial charge in [0.25, 0.3) is 0 Å². The Labute approximate surface area is 118 Å². The highest BCUT2D eigenvalue weighted by Crippen LogP contribution is 2.35. The highest BCUT2D eigenvalue weighted by molar-refractivity contribution is 7.98. The molecule has 100 valence electrons. The van der Waals surface area contributed by atoms with Crippen LogP contribution >= 0.6 is 11.8 Å². The largest absolute Gasteiger partial charge is 0.456 e. The summed E-state index contributed by atoms with van der Waals surface area (Å²) in [6.07, 6.45) is 2.21. The van der Waals surface area contributed by atoms with Crippen molar-refractivity contribution in [3.8, 4) is 11.5 Å². The van der Waals surface area contributed by atoms with Crippen LogP contribution in [-0.2, 0) is 0 Å². The first-order valence-corrected chi connectivity index (χ1v) is 7.56. The van der Waals surface area contributed by atoms with E-state index in [0.29, 0.717) is 6.42 Å². The molecule has 1 atom stereocenters. The van der Waals surface area contributed by atoms with Gasteiger partial charge in [-0.2, -0.15) is 0 Å². The van der Waals surface area contributed by atoms with Crippen LogP contribution in [0.1, 0.15) is 25.0 Å². The van der Waals surface area contributed by atoms with Gasteiger partial charge in [-0.15, -0.1) is 11.8 Å². The second-order valence-electron chi connectivity index (χ2n) is 4.21. The summed E-state index contributed by atoms with van der Waals surface area (Å²) in [6.45, 7) is 1.96. The molecule has 1 N–H and O–H groups in total. The smallest absolute Gasteiger partial charge is 0.140 e. The van der Waals surface area contributed by atoms with Crippen molar-refractivity contribution in [2.45, 2.75) is 24.3 Å². The number of rotatable bonds is 5. The Morgan fingerprint density at radius 3 is 2.37 bits per heavy atom. The lowest BCUT2D eigenvalue weighted by molar-refractivity contribution is 0.170. The average molecular weight is 274 g/mol. The van der Waals surface area contributed by atoms with Crippen LogP contribution in [0.5, 0.6) is 11.5 Å². The molecule has 0 aliphatic carbocycles. The standard InChI is InChI=1S/C16H18O2S/c1-3-13(17)12-8-4-5-9-14(12)18-15-10-6-7-11-16(15)19-2/h4-11,13,17H,3H2,1-2H3. The molecule has 3 heteroatoms. The fraction of sp³-hybridized carbons (Fsp3) is 0.250. The maximum atomic E-state index is 10.0. The summed E-state index contributed by atoms with van der Waals surface area (Å²) < 4.78 is 5.97. The molecule has 0 aliphatic heterocycles. The van der Waals surface area contributed by atoms with Crippen molar-refractivity contribution in [3.05, 3.63) is 54.1 Å². The maximum Gasteiger partial charge on any atom is 0.140 e. The lowest BCUT2D eigenvalue weighted by Crippen LogP contribution is -1.99. The van der Waals surface area contributed by atoms with Gasteiger partial charge in [0.2, 0.25) is 0 Å². The van der Waals surface area contributed by atoms with Gasteiger partial charge >= 0.3 is 0 Å². The fourth-order valence-corrected chi connectivity index (χ4v) is 2.42. The Morgan fingerprint density at radius 2 is 1.68 bits per heavy atom. The maximum absolute atomic E-state index is 10.0. The van der Waals surface area contributed by atoms with Crippen LogP contribution in [0.4, 0.5) is 0 Å². The van der Waals surface area contributed by atoms with E-state index in [1.807, 2.05) is 61.7 Å². The number of aliphatic hydroxyl groups excluding tert-OH is 1. The van der Waals surface area contributed by atoms with E-state index < -0.39 is 6.10 Å². The molecule has 0 saturated heterocycles. The predicted octanol–water partition coefficient (Wildman–Crippen LogP) is 4.64. The molecule has 19 heavy (non-hydrogen) atoms. The van der Waals surface area contributed by atoms with Crippen molar-refractivity contribution in [2.24, 2.45) is 0 Å². The van der Waals surface area contributed by atoms with Crippen LogP contribution in [0.3, 0.4) is 0 Å². The molecule has 2 aromatic carbocycles. The SMILES string of the molecule is CCC(O)c1ccccc1Oc1ccccc1SC. The van der Waals surface area contributed by atoms with Crippen LogP contribution in [0.2, 0.25) is 0 Å². The third-order valence-corrected chi connectivity index (χ3v) is 3.73. The van der Waals surface area contributed by atoms with E-state index in [-0.39, 0.29) is 0 Å². The average Bonchev–Trinajstić information content (AvgIpc) is 2.47. The number of hydrogen-bond acceptors (Lipinski definition) is 3. The van der Waals surface area contributed by atoms with Crippen molar-refractivity contribution in [1.82, 2.24) is 0 Å². The summed E-state index contributed by atoms with van der Waals surface area (Å²) in [5.41, 5.74) is 0.834. The van der Waals surface area contributed by atoms with Gasteiger partial charge in [-0.3, -0.25) is 0 Å². The minimum absolute atomic E-state index is 0.488. The van der Waals surface area contributed by atoms with Gasteiger partial charge in [0.15, 0.2) is 0 Å². The Kier molecular flexibility index (Phi) is 4.88. The number of para-hydroxylation sites is 2. The van der Waals surface area contributed by atoms with E-state index in [0.717, 1.165) is 22.0 Å². The molecule has 1 unspecified atom stereocenters. The first-order chi connectivity index (χ1) is 9.26. The molecule has 2 rings (SSSR count). The normalized spacial score (nSPS) is 12.2. The van der Waals surface area contributed by atoms with Gasteiger partial charge < -0.3 is 9.84 Å². The molecule has 2 aromatic rings. The topological polar surface area (TPSA) is 29.5 Å². The monoisotopic (exact) mass is 274 g/mol. The van der Waals surface area contributed by atoms with E-state index in [1.165, 1.54) is 0 Å². The second kappa shape index (κ2) is 6.64. The van der Waals surface area contributed by atoms with Gasteiger partial charge in [0.05, 0.1) is 6.10 Å². The molecular formula is C16H18O2S. The Bertz CT molecular complexity index is 540. The van der Waals surface area contributed by atoms with Crippen molar-refractivity contribution in [2.75, 3.05) is 6.26 Å². The molecule has 0 spiro atoms. The first-order valence-electron chi connectivity index (χ1n) is 6.34. The second-order valence-corrected chi connectivity index (χ2v) is 5.06. The van der Waals surface area contributed by atoms with Gasteiger partial charge in [-0.1, -0.05) is 37.3 Å². The van der Waals surface area contributed by atoms with Crippen LogP contribution in [0.25, 0.3) is 0 Å². The third-order valence-electron chi connectivity index (χ3n) is 2.95. The quantitative estimate of drug-likeness (QED) is 0.805.